The minimum absolute atomic E-state index is 0.182. The number of carbonyl (C=O) groups excluding carboxylic acids is 8. The van der Waals surface area contributed by atoms with Gasteiger partial charge in [-0.15, -0.1) is 0 Å². The average Bonchev–Trinajstić information content (AvgIpc) is 0.859. The van der Waals surface area contributed by atoms with Gasteiger partial charge in [-0.25, -0.2) is 0 Å². The number of amides is 8. The van der Waals surface area contributed by atoms with E-state index in [9.17, 15) is 38.4 Å². The van der Waals surface area contributed by atoms with Crippen molar-refractivity contribution in [2.75, 3.05) is 142 Å². The first-order valence-corrected chi connectivity index (χ1v) is 30.8. The highest BCUT2D eigenvalue weighted by Gasteiger charge is 2.36. The Bertz CT molecular complexity index is 4150. The van der Waals surface area contributed by atoms with Crippen LogP contribution in [0.15, 0.2) is 121 Å². The number of imide groups is 4. The summed E-state index contributed by atoms with van der Waals surface area (Å²) in [7, 11) is 19.0. The molecule has 0 bridgehead atoms. The molecule has 0 saturated heterocycles. The van der Waals surface area contributed by atoms with Crippen LogP contribution in [0.1, 0.15) is 123 Å². The lowest BCUT2D eigenvalue weighted by Crippen LogP contribution is -2.41. The molecule has 4 aliphatic rings. The Morgan fingerprint density at radius 2 is 0.622 bits per heavy atom. The Hall–Kier alpha value is -9.52. The van der Waals surface area contributed by atoms with Gasteiger partial charge in [0.15, 0.2) is 0 Å². The maximum atomic E-state index is 13.0. The predicted octanol–water partition coefficient (Wildman–Crippen LogP) is 10.7. The molecule has 0 aliphatic carbocycles. The van der Waals surface area contributed by atoms with Crippen molar-refractivity contribution in [1.82, 2.24) is 29.4 Å². The van der Waals surface area contributed by atoms with E-state index in [1.54, 1.807) is 12.1 Å². The standard InChI is InChI=1S/2C20H25N3O2.2C16H16N2O2/c1-5-22(4)17-11-10-16-18-14(17)8-6-9-15(18)19(24)23(20(16)25)13-7-12-21(2)3;1-5-22(4)15-12-14-8-6-9-16-18(14)17(13-15)20(25)23(19(16)24)11-7-10-21(2)3;1-4-17(2)11-8-10-6-5-7-12-14(10)13(9-11)16(20)18(3)15(12)19;1-4-17(2)13-9-8-12-14-10(13)6-5-7-11(14)15(19)18(3)16(12)20/h6,8-11H,5,7,12-13H2,1-4H3;6,8-9,12-13H,5,7,10-11H2,1-4H3;2*5-9H,4H2,1-3H3. The first kappa shape index (κ1) is 64.9. The van der Waals surface area contributed by atoms with Gasteiger partial charge in [-0.2, -0.15) is 0 Å². The van der Waals surface area contributed by atoms with Gasteiger partial charge in [0.2, 0.25) is 0 Å². The lowest BCUT2D eigenvalue weighted by Gasteiger charge is -2.29. The number of carbonyl (C=O) groups is 8. The van der Waals surface area contributed by atoms with Crippen molar-refractivity contribution in [1.29, 1.82) is 0 Å². The average molecular weight is 1220 g/mol. The molecular formula is C72H82N10O8. The van der Waals surface area contributed by atoms with Gasteiger partial charge in [0.25, 0.3) is 47.3 Å². The Kier molecular flexibility index (Phi) is 19.5. The number of nitrogens with zero attached hydrogens (tertiary/aromatic N) is 10. The van der Waals surface area contributed by atoms with Gasteiger partial charge in [-0.05, 0) is 165 Å². The minimum Gasteiger partial charge on any atom is -0.375 e. The summed E-state index contributed by atoms with van der Waals surface area (Å²) in [6.07, 6.45) is 1.54. The zero-order valence-electron chi connectivity index (χ0n) is 54.4. The molecule has 0 aromatic heterocycles. The molecule has 0 atom stereocenters. The first-order valence-electron chi connectivity index (χ1n) is 30.8. The third-order valence-electron chi connectivity index (χ3n) is 17.6. The van der Waals surface area contributed by atoms with Crippen LogP contribution < -0.4 is 19.6 Å². The predicted molar refractivity (Wildman–Crippen MR) is 361 cm³/mol. The summed E-state index contributed by atoms with van der Waals surface area (Å²) in [6, 6.07) is 38.1. The molecule has 0 radical (unpaired) electrons. The van der Waals surface area contributed by atoms with Crippen LogP contribution in [-0.2, 0) is 0 Å². The van der Waals surface area contributed by atoms with Crippen molar-refractivity contribution >= 4 is 113 Å². The summed E-state index contributed by atoms with van der Waals surface area (Å²) in [4.78, 5) is 118. The van der Waals surface area contributed by atoms with Gasteiger partial charge in [0, 0.05) is 170 Å². The molecule has 12 rings (SSSR count). The summed E-state index contributed by atoms with van der Waals surface area (Å²) in [5.74, 6) is -1.66. The second-order valence-electron chi connectivity index (χ2n) is 23.7. The monoisotopic (exact) mass is 1210 g/mol. The van der Waals surface area contributed by atoms with Crippen LogP contribution in [0.2, 0.25) is 0 Å². The SMILES string of the molecule is CCN(C)c1cc2c3c(cccc3c1)C(=O)N(C)C2=O.CCN(C)c1cc2c3c(cccc3c1)C(=O)N(CCCN(C)C)C2=O.CCN(C)c1ccc2c3c(cccc13)C(=O)N(C)C2=O.CCN(C)c1ccc2c3c(cccc13)C(=O)N(CCCN(C)C)C2=O. The summed E-state index contributed by atoms with van der Waals surface area (Å²) in [5, 5.41) is 6.93. The van der Waals surface area contributed by atoms with E-state index in [1.165, 1.54) is 33.7 Å². The smallest absolute Gasteiger partial charge is 0.261 e. The van der Waals surface area contributed by atoms with E-state index in [1.807, 2.05) is 166 Å². The third-order valence-corrected chi connectivity index (χ3v) is 17.6. The number of rotatable bonds is 16. The molecule has 8 aromatic carbocycles. The zero-order valence-corrected chi connectivity index (χ0v) is 54.4. The minimum atomic E-state index is -0.232. The number of hydrogen-bond donors (Lipinski definition) is 0. The largest absolute Gasteiger partial charge is 0.375 e. The van der Waals surface area contributed by atoms with Gasteiger partial charge in [-0.3, -0.25) is 58.0 Å². The Morgan fingerprint density at radius 1 is 0.322 bits per heavy atom. The highest BCUT2D eigenvalue weighted by Crippen LogP contribution is 2.39. The molecule has 468 valence electrons. The van der Waals surface area contributed by atoms with Crippen LogP contribution in [0.5, 0.6) is 0 Å². The fourth-order valence-corrected chi connectivity index (χ4v) is 12.0. The molecule has 18 heteroatoms. The second-order valence-corrected chi connectivity index (χ2v) is 23.7. The number of anilines is 4. The van der Waals surface area contributed by atoms with Gasteiger partial charge in [0.05, 0.1) is 11.1 Å². The molecule has 90 heavy (non-hydrogen) atoms. The highest BCUT2D eigenvalue weighted by atomic mass is 16.2. The van der Waals surface area contributed by atoms with Crippen LogP contribution in [0.25, 0.3) is 43.1 Å². The quantitative estimate of drug-likeness (QED) is 0.0838. The fourth-order valence-electron chi connectivity index (χ4n) is 12.0. The highest BCUT2D eigenvalue weighted by molar-refractivity contribution is 6.29. The number of benzene rings is 8. The van der Waals surface area contributed by atoms with Crippen molar-refractivity contribution in [2.45, 2.75) is 40.5 Å². The van der Waals surface area contributed by atoms with Crippen LogP contribution in [0.4, 0.5) is 22.7 Å². The van der Waals surface area contributed by atoms with Crippen molar-refractivity contribution in [3.05, 3.63) is 166 Å². The molecule has 8 amide bonds. The van der Waals surface area contributed by atoms with E-state index in [0.717, 1.165) is 118 Å². The number of hydrogen-bond acceptors (Lipinski definition) is 14. The van der Waals surface area contributed by atoms with Crippen LogP contribution >= 0.6 is 0 Å². The van der Waals surface area contributed by atoms with Gasteiger partial charge in [0.1, 0.15) is 0 Å². The molecule has 8 aromatic rings. The molecule has 0 saturated carbocycles. The van der Waals surface area contributed by atoms with Crippen molar-refractivity contribution in [3.63, 3.8) is 0 Å². The molecule has 0 spiro atoms. The summed E-state index contributed by atoms with van der Waals surface area (Å²) in [5.41, 5.74) is 9.00. The molecule has 4 aliphatic heterocycles. The van der Waals surface area contributed by atoms with E-state index in [2.05, 4.69) is 57.1 Å². The molecule has 0 unspecified atom stereocenters. The first-order chi connectivity index (χ1) is 43.0. The van der Waals surface area contributed by atoms with Crippen LogP contribution in [0.3, 0.4) is 0 Å². The van der Waals surface area contributed by atoms with Gasteiger partial charge < -0.3 is 29.4 Å². The Balaban J connectivity index is 0.000000143. The Labute approximate surface area is 527 Å². The summed E-state index contributed by atoms with van der Waals surface area (Å²) < 4.78 is 0. The van der Waals surface area contributed by atoms with E-state index >= 15 is 0 Å². The van der Waals surface area contributed by atoms with E-state index < -0.39 is 0 Å². The maximum absolute atomic E-state index is 13.0. The maximum Gasteiger partial charge on any atom is 0.261 e. The second kappa shape index (κ2) is 27.1. The molecule has 0 N–H and O–H groups in total. The van der Waals surface area contributed by atoms with E-state index in [0.29, 0.717) is 57.6 Å². The molecular weight excluding hydrogens is 1130 g/mol. The lowest BCUT2D eigenvalue weighted by molar-refractivity contribution is 0.0590. The molecule has 18 nitrogen and oxygen atoms in total. The van der Waals surface area contributed by atoms with E-state index in [-0.39, 0.29) is 47.3 Å². The van der Waals surface area contributed by atoms with Crippen molar-refractivity contribution in [3.8, 4) is 0 Å². The van der Waals surface area contributed by atoms with Crippen LogP contribution in [0, 0.1) is 0 Å². The normalized spacial score (nSPS) is 14.0. The summed E-state index contributed by atoms with van der Waals surface area (Å²) >= 11 is 0. The lowest BCUT2D eigenvalue weighted by atomic mass is 9.92. The summed E-state index contributed by atoms with van der Waals surface area (Å²) in [6.45, 7) is 14.3. The molecule has 4 heterocycles. The van der Waals surface area contributed by atoms with Crippen molar-refractivity contribution < 1.29 is 38.4 Å². The van der Waals surface area contributed by atoms with Gasteiger partial charge >= 0.3 is 0 Å². The van der Waals surface area contributed by atoms with Crippen molar-refractivity contribution in [2.24, 2.45) is 0 Å². The third kappa shape index (κ3) is 12.2. The topological polar surface area (TPSA) is 169 Å². The van der Waals surface area contributed by atoms with E-state index in [4.69, 9.17) is 0 Å². The fraction of sp³-hybridized carbons (Fsp3) is 0.333. The van der Waals surface area contributed by atoms with Crippen LogP contribution in [-0.4, -0.2) is 199 Å². The Morgan fingerprint density at radius 3 is 1.00 bits per heavy atom. The zero-order chi connectivity index (χ0) is 65.2. The van der Waals surface area contributed by atoms with Gasteiger partial charge in [-0.1, -0.05) is 48.5 Å². The molecule has 0 fully saturated rings.